The van der Waals surface area contributed by atoms with E-state index in [9.17, 15) is 9.59 Å². The highest BCUT2D eigenvalue weighted by molar-refractivity contribution is 5.87. The van der Waals surface area contributed by atoms with E-state index in [1.54, 1.807) is 0 Å². The summed E-state index contributed by atoms with van der Waals surface area (Å²) in [6, 6.07) is 1.88. The first-order valence-corrected chi connectivity index (χ1v) is 5.17. The van der Waals surface area contributed by atoms with Crippen molar-refractivity contribution in [3.8, 4) is 6.07 Å². The van der Waals surface area contributed by atoms with Gasteiger partial charge in [-0.2, -0.15) is 5.26 Å². The highest BCUT2D eigenvalue weighted by Gasteiger charge is 2.50. The highest BCUT2D eigenvalue weighted by Crippen LogP contribution is 2.39. The van der Waals surface area contributed by atoms with Crippen LogP contribution >= 0.6 is 0 Å². The number of fused-ring (bicyclic) bond motifs is 2. The van der Waals surface area contributed by atoms with Gasteiger partial charge in [-0.25, -0.2) is 0 Å². The highest BCUT2D eigenvalue weighted by atomic mass is 16.5. The average molecular weight is 220 g/mol. The Labute approximate surface area is 93.1 Å². The van der Waals surface area contributed by atoms with Crippen LogP contribution in [0.15, 0.2) is 12.7 Å². The molecule has 2 fully saturated rings. The van der Waals surface area contributed by atoms with Crippen LogP contribution in [0.3, 0.4) is 0 Å². The van der Waals surface area contributed by atoms with E-state index < -0.39 is 6.10 Å². The van der Waals surface area contributed by atoms with Gasteiger partial charge in [0.2, 0.25) is 5.91 Å². The van der Waals surface area contributed by atoms with E-state index in [0.29, 0.717) is 6.42 Å². The minimum atomic E-state index is -0.500. The van der Waals surface area contributed by atoms with E-state index in [-0.39, 0.29) is 36.2 Å². The van der Waals surface area contributed by atoms with E-state index in [1.807, 2.05) is 0 Å². The van der Waals surface area contributed by atoms with E-state index in [2.05, 4.69) is 18.0 Å². The SMILES string of the molecule is C=CC(=O)NC1C2CC(=O)OC1C(C#N)C2. The van der Waals surface area contributed by atoms with Gasteiger partial charge in [0.25, 0.3) is 0 Å². The molecule has 4 atom stereocenters. The van der Waals surface area contributed by atoms with E-state index >= 15 is 0 Å². The van der Waals surface area contributed by atoms with Gasteiger partial charge in [-0.1, -0.05) is 6.58 Å². The first-order chi connectivity index (χ1) is 7.65. The lowest BCUT2D eigenvalue weighted by Gasteiger charge is -2.30. The summed E-state index contributed by atoms with van der Waals surface area (Å²) in [6.07, 6.45) is 1.56. The van der Waals surface area contributed by atoms with Crippen molar-refractivity contribution < 1.29 is 14.3 Å². The number of esters is 1. The van der Waals surface area contributed by atoms with Crippen LogP contribution in [0.5, 0.6) is 0 Å². The Bertz CT molecular complexity index is 385. The Kier molecular flexibility index (Phi) is 2.65. The van der Waals surface area contributed by atoms with Crippen molar-refractivity contribution in [2.45, 2.75) is 25.0 Å². The van der Waals surface area contributed by atoms with Crippen molar-refractivity contribution in [3.05, 3.63) is 12.7 Å². The van der Waals surface area contributed by atoms with Gasteiger partial charge in [0.05, 0.1) is 24.4 Å². The molecule has 0 radical (unpaired) electrons. The molecule has 1 aliphatic carbocycles. The van der Waals surface area contributed by atoms with Gasteiger partial charge in [-0.15, -0.1) is 0 Å². The average Bonchev–Trinajstić information content (AvgIpc) is 2.47. The summed E-state index contributed by atoms with van der Waals surface area (Å²) in [5.74, 6) is -0.875. The first kappa shape index (κ1) is 10.7. The fraction of sp³-hybridized carbons (Fsp3) is 0.545. The van der Waals surface area contributed by atoms with Gasteiger partial charge in [-0.05, 0) is 18.4 Å². The Balaban J connectivity index is 2.15. The van der Waals surface area contributed by atoms with Gasteiger partial charge in [-0.3, -0.25) is 9.59 Å². The molecule has 1 heterocycles. The van der Waals surface area contributed by atoms with Crippen molar-refractivity contribution in [2.24, 2.45) is 11.8 Å². The Morgan fingerprint density at radius 1 is 1.69 bits per heavy atom. The lowest BCUT2D eigenvalue weighted by atomic mass is 9.97. The summed E-state index contributed by atoms with van der Waals surface area (Å²) in [5, 5.41) is 11.7. The smallest absolute Gasteiger partial charge is 0.306 e. The van der Waals surface area contributed by atoms with Crippen LogP contribution in [0.4, 0.5) is 0 Å². The molecule has 0 aromatic heterocycles. The van der Waals surface area contributed by atoms with E-state index in [4.69, 9.17) is 10.00 Å². The standard InChI is InChI=1S/C11H12N2O3/c1-2-8(14)13-10-6-3-7(5-12)11(10)16-9(15)4-6/h2,6-7,10-11H,1,3-4H2,(H,13,14). The molecule has 2 aliphatic rings. The number of amides is 1. The molecular formula is C11H12N2O3. The predicted octanol–water partition coefficient (Wildman–Crippen LogP) is 0.132. The number of nitrogens with one attached hydrogen (secondary N) is 1. The van der Waals surface area contributed by atoms with Gasteiger partial charge < -0.3 is 10.1 Å². The molecule has 5 heteroatoms. The number of carbonyl (C=O) groups excluding carboxylic acids is 2. The minimum absolute atomic E-state index is 0.0137. The monoisotopic (exact) mass is 220 g/mol. The molecule has 84 valence electrons. The largest absolute Gasteiger partial charge is 0.459 e. The predicted molar refractivity (Wildman–Crippen MR) is 53.8 cm³/mol. The van der Waals surface area contributed by atoms with Crippen LogP contribution in [-0.4, -0.2) is 24.0 Å². The summed E-state index contributed by atoms with van der Waals surface area (Å²) in [7, 11) is 0. The third-order valence-electron chi connectivity index (χ3n) is 3.17. The quantitative estimate of drug-likeness (QED) is 0.530. The zero-order valence-corrected chi connectivity index (χ0v) is 8.68. The van der Waals surface area contributed by atoms with Crippen molar-refractivity contribution in [1.82, 2.24) is 5.32 Å². The third-order valence-corrected chi connectivity index (χ3v) is 3.17. The number of ether oxygens (including phenoxy) is 1. The van der Waals surface area contributed by atoms with Crippen molar-refractivity contribution in [2.75, 3.05) is 0 Å². The zero-order valence-electron chi connectivity index (χ0n) is 8.68. The maximum absolute atomic E-state index is 11.2. The maximum atomic E-state index is 11.2. The molecule has 5 nitrogen and oxygen atoms in total. The topological polar surface area (TPSA) is 79.2 Å². The lowest BCUT2D eigenvalue weighted by Crippen LogP contribution is -2.49. The van der Waals surface area contributed by atoms with Crippen LogP contribution < -0.4 is 5.32 Å². The number of carbonyl (C=O) groups is 2. The van der Waals surface area contributed by atoms with Crippen LogP contribution in [0, 0.1) is 23.2 Å². The molecule has 1 amide bonds. The minimum Gasteiger partial charge on any atom is -0.459 e. The summed E-state index contributed by atoms with van der Waals surface area (Å²) >= 11 is 0. The number of nitrogens with zero attached hydrogens (tertiary/aromatic N) is 1. The number of rotatable bonds is 2. The Morgan fingerprint density at radius 2 is 2.44 bits per heavy atom. The van der Waals surface area contributed by atoms with E-state index in [1.165, 1.54) is 6.08 Å². The fourth-order valence-electron chi connectivity index (χ4n) is 2.45. The molecule has 16 heavy (non-hydrogen) atoms. The summed E-state index contributed by atoms with van der Waals surface area (Å²) in [5.41, 5.74) is 0. The molecule has 1 aliphatic heterocycles. The summed E-state index contributed by atoms with van der Waals surface area (Å²) < 4.78 is 5.13. The fourth-order valence-corrected chi connectivity index (χ4v) is 2.45. The second kappa shape index (κ2) is 3.97. The molecule has 0 aromatic rings. The second-order valence-corrected chi connectivity index (χ2v) is 4.13. The zero-order chi connectivity index (χ0) is 11.7. The molecule has 1 N–H and O–H groups in total. The number of hydrogen-bond donors (Lipinski definition) is 1. The van der Waals surface area contributed by atoms with Gasteiger partial charge >= 0.3 is 5.97 Å². The van der Waals surface area contributed by atoms with E-state index in [0.717, 1.165) is 0 Å². The Morgan fingerprint density at radius 3 is 3.06 bits per heavy atom. The molecule has 0 spiro atoms. The van der Waals surface area contributed by atoms with Crippen LogP contribution in [0.1, 0.15) is 12.8 Å². The van der Waals surface area contributed by atoms with Crippen molar-refractivity contribution in [1.29, 1.82) is 5.26 Å². The molecule has 1 saturated heterocycles. The summed E-state index contributed by atoms with van der Waals surface area (Å²) in [4.78, 5) is 22.4. The summed E-state index contributed by atoms with van der Waals surface area (Å²) in [6.45, 7) is 3.37. The second-order valence-electron chi connectivity index (χ2n) is 4.13. The number of hydrogen-bond acceptors (Lipinski definition) is 4. The maximum Gasteiger partial charge on any atom is 0.306 e. The molecule has 0 aromatic carbocycles. The first-order valence-electron chi connectivity index (χ1n) is 5.17. The normalized spacial score (nSPS) is 36.1. The van der Waals surface area contributed by atoms with Gasteiger partial charge in [0.1, 0.15) is 6.10 Å². The Hall–Kier alpha value is -1.83. The molecule has 1 saturated carbocycles. The van der Waals surface area contributed by atoms with Gasteiger partial charge in [0.15, 0.2) is 0 Å². The van der Waals surface area contributed by atoms with Crippen LogP contribution in [0.25, 0.3) is 0 Å². The van der Waals surface area contributed by atoms with Gasteiger partial charge in [0, 0.05) is 0 Å². The molecular weight excluding hydrogens is 208 g/mol. The van der Waals surface area contributed by atoms with Crippen LogP contribution in [0.2, 0.25) is 0 Å². The third kappa shape index (κ3) is 1.67. The van der Waals surface area contributed by atoms with Crippen LogP contribution in [-0.2, 0) is 14.3 Å². The number of nitriles is 1. The molecule has 4 unspecified atom stereocenters. The van der Waals surface area contributed by atoms with Crippen molar-refractivity contribution in [3.63, 3.8) is 0 Å². The molecule has 2 bridgehead atoms. The molecule has 2 rings (SSSR count). The lowest BCUT2D eigenvalue weighted by molar-refractivity contribution is -0.157. The van der Waals surface area contributed by atoms with Crippen molar-refractivity contribution >= 4 is 11.9 Å².